The molecule has 88 valence electrons. The second-order valence-corrected chi connectivity index (χ2v) is 5.79. The number of rotatable bonds is 2. The molecule has 1 heterocycles. The number of carbonyl (C=O) groups is 1. The van der Waals surface area contributed by atoms with Crippen molar-refractivity contribution in [2.75, 3.05) is 0 Å². The Balaban J connectivity index is 2.02. The zero-order valence-electron chi connectivity index (χ0n) is 9.79. The second-order valence-electron chi connectivity index (χ2n) is 5.38. The van der Waals surface area contributed by atoms with E-state index in [2.05, 4.69) is 13.8 Å². The predicted molar refractivity (Wildman–Crippen MR) is 67.4 cm³/mol. The summed E-state index contributed by atoms with van der Waals surface area (Å²) in [5, 5.41) is 1.44. The maximum atomic E-state index is 12.2. The first kappa shape index (κ1) is 10.8. The summed E-state index contributed by atoms with van der Waals surface area (Å²) in [6.07, 6.45) is 0.941. The summed E-state index contributed by atoms with van der Waals surface area (Å²) >= 11 is 6.02. The van der Waals surface area contributed by atoms with Crippen molar-refractivity contribution in [3.05, 3.63) is 35.0 Å². The van der Waals surface area contributed by atoms with Crippen molar-refractivity contribution in [2.24, 2.45) is 11.3 Å². The number of furan rings is 1. The summed E-state index contributed by atoms with van der Waals surface area (Å²) in [4.78, 5) is 12.2. The van der Waals surface area contributed by atoms with E-state index in [1.54, 1.807) is 12.1 Å². The number of fused-ring (bicyclic) bond motifs is 1. The minimum absolute atomic E-state index is 0.0989. The highest BCUT2D eigenvalue weighted by Crippen LogP contribution is 2.53. The molecule has 0 saturated heterocycles. The lowest BCUT2D eigenvalue weighted by atomic mass is 10.1. The van der Waals surface area contributed by atoms with E-state index in [-0.39, 0.29) is 17.1 Å². The Kier molecular flexibility index (Phi) is 2.14. The van der Waals surface area contributed by atoms with E-state index in [0.717, 1.165) is 11.8 Å². The second kappa shape index (κ2) is 3.36. The number of carbonyl (C=O) groups excluding carboxylic acids is 1. The van der Waals surface area contributed by atoms with Gasteiger partial charge in [0.15, 0.2) is 11.3 Å². The van der Waals surface area contributed by atoms with Gasteiger partial charge >= 0.3 is 0 Å². The largest absolute Gasteiger partial charge is 0.451 e. The van der Waals surface area contributed by atoms with Crippen LogP contribution in [0.25, 0.3) is 11.0 Å². The number of halogens is 1. The SMILES string of the molecule is CC1(C)CC1C(=O)c1cc2cccc(Cl)c2o1. The van der Waals surface area contributed by atoms with Gasteiger partial charge in [0.1, 0.15) is 0 Å². The fourth-order valence-corrected chi connectivity index (χ4v) is 2.46. The van der Waals surface area contributed by atoms with Crippen molar-refractivity contribution in [1.29, 1.82) is 0 Å². The smallest absolute Gasteiger partial charge is 0.201 e. The number of hydrogen-bond donors (Lipinski definition) is 0. The summed E-state index contributed by atoms with van der Waals surface area (Å²) in [5.74, 6) is 0.632. The highest BCUT2D eigenvalue weighted by atomic mass is 35.5. The average molecular weight is 249 g/mol. The molecule has 0 aliphatic heterocycles. The monoisotopic (exact) mass is 248 g/mol. The summed E-state index contributed by atoms with van der Waals surface area (Å²) in [5.41, 5.74) is 0.732. The van der Waals surface area contributed by atoms with Crippen LogP contribution in [0.5, 0.6) is 0 Å². The third-order valence-corrected chi connectivity index (χ3v) is 3.87. The molecule has 1 aliphatic rings. The van der Waals surface area contributed by atoms with Gasteiger partial charge < -0.3 is 4.42 Å². The average Bonchev–Trinajstić information content (AvgIpc) is 2.75. The summed E-state index contributed by atoms with van der Waals surface area (Å²) in [6.45, 7) is 4.20. The molecule has 1 unspecified atom stereocenters. The van der Waals surface area contributed by atoms with Crippen molar-refractivity contribution in [3.8, 4) is 0 Å². The predicted octanol–water partition coefficient (Wildman–Crippen LogP) is 4.32. The van der Waals surface area contributed by atoms with E-state index in [1.165, 1.54) is 0 Å². The molecule has 1 saturated carbocycles. The number of ketones is 1. The zero-order chi connectivity index (χ0) is 12.2. The van der Waals surface area contributed by atoms with Gasteiger partial charge in [-0.2, -0.15) is 0 Å². The molecule has 1 aromatic carbocycles. The van der Waals surface area contributed by atoms with E-state index < -0.39 is 0 Å². The van der Waals surface area contributed by atoms with Gasteiger partial charge in [0, 0.05) is 11.3 Å². The highest BCUT2D eigenvalue weighted by Gasteiger charge is 2.51. The third kappa shape index (κ3) is 1.67. The van der Waals surface area contributed by atoms with E-state index in [0.29, 0.717) is 16.4 Å². The molecule has 17 heavy (non-hydrogen) atoms. The van der Waals surface area contributed by atoms with Crippen LogP contribution in [-0.4, -0.2) is 5.78 Å². The van der Waals surface area contributed by atoms with E-state index in [9.17, 15) is 4.79 Å². The quantitative estimate of drug-likeness (QED) is 0.741. The van der Waals surface area contributed by atoms with Crippen LogP contribution in [0.2, 0.25) is 5.02 Å². The van der Waals surface area contributed by atoms with Crippen molar-refractivity contribution in [3.63, 3.8) is 0 Å². The summed E-state index contributed by atoms with van der Waals surface area (Å²) < 4.78 is 5.57. The van der Waals surface area contributed by atoms with Gasteiger partial charge in [-0.15, -0.1) is 0 Å². The van der Waals surface area contributed by atoms with Crippen LogP contribution in [0.3, 0.4) is 0 Å². The van der Waals surface area contributed by atoms with Crippen molar-refractivity contribution in [1.82, 2.24) is 0 Å². The Morgan fingerprint density at radius 3 is 2.76 bits per heavy atom. The molecule has 1 atom stereocenters. The molecular weight excluding hydrogens is 236 g/mol. The van der Waals surface area contributed by atoms with Crippen LogP contribution in [0.1, 0.15) is 30.8 Å². The first-order chi connectivity index (χ1) is 7.99. The van der Waals surface area contributed by atoms with Gasteiger partial charge in [-0.1, -0.05) is 37.6 Å². The Bertz CT molecular complexity index is 610. The van der Waals surface area contributed by atoms with Crippen LogP contribution in [0, 0.1) is 11.3 Å². The molecule has 0 N–H and O–H groups in total. The minimum atomic E-state index is 0.0989. The van der Waals surface area contributed by atoms with Crippen molar-refractivity contribution < 1.29 is 9.21 Å². The molecule has 2 aromatic rings. The fraction of sp³-hybridized carbons (Fsp3) is 0.357. The molecule has 1 aliphatic carbocycles. The fourth-order valence-electron chi connectivity index (χ4n) is 2.24. The number of para-hydroxylation sites is 1. The molecule has 1 fully saturated rings. The number of Topliss-reactive ketones (excluding diaryl/α,β-unsaturated/α-hetero) is 1. The molecule has 3 rings (SSSR count). The van der Waals surface area contributed by atoms with E-state index in [1.807, 2.05) is 12.1 Å². The zero-order valence-corrected chi connectivity index (χ0v) is 10.5. The summed E-state index contributed by atoms with van der Waals surface area (Å²) in [7, 11) is 0. The van der Waals surface area contributed by atoms with Gasteiger partial charge in [-0.25, -0.2) is 0 Å². The first-order valence-electron chi connectivity index (χ1n) is 5.71. The standard InChI is InChI=1S/C14H13ClO2/c1-14(2)7-9(14)12(16)11-6-8-4-3-5-10(15)13(8)17-11/h3-6,9H,7H2,1-2H3. The van der Waals surface area contributed by atoms with Crippen LogP contribution < -0.4 is 0 Å². The Hall–Kier alpha value is -1.28. The van der Waals surface area contributed by atoms with Gasteiger partial charge in [-0.05, 0) is 24.0 Å². The number of benzene rings is 1. The van der Waals surface area contributed by atoms with Crippen molar-refractivity contribution in [2.45, 2.75) is 20.3 Å². The van der Waals surface area contributed by atoms with Crippen LogP contribution >= 0.6 is 11.6 Å². The van der Waals surface area contributed by atoms with E-state index in [4.69, 9.17) is 16.0 Å². The van der Waals surface area contributed by atoms with Gasteiger partial charge in [0.2, 0.25) is 5.78 Å². The molecule has 1 aromatic heterocycles. The minimum Gasteiger partial charge on any atom is -0.451 e. The normalized spacial score (nSPS) is 21.7. The van der Waals surface area contributed by atoms with Crippen LogP contribution in [0.15, 0.2) is 28.7 Å². The van der Waals surface area contributed by atoms with Gasteiger partial charge in [0.25, 0.3) is 0 Å². The lowest BCUT2D eigenvalue weighted by Crippen LogP contribution is -2.04. The molecule has 3 heteroatoms. The van der Waals surface area contributed by atoms with E-state index >= 15 is 0 Å². The molecule has 0 bridgehead atoms. The molecular formula is C14H13ClO2. The van der Waals surface area contributed by atoms with Crippen LogP contribution in [-0.2, 0) is 0 Å². The van der Waals surface area contributed by atoms with Crippen molar-refractivity contribution >= 4 is 28.4 Å². The Labute approximate surface area is 105 Å². The van der Waals surface area contributed by atoms with Crippen LogP contribution in [0.4, 0.5) is 0 Å². The lowest BCUT2D eigenvalue weighted by Gasteiger charge is -1.99. The topological polar surface area (TPSA) is 30.2 Å². The Morgan fingerprint density at radius 2 is 2.18 bits per heavy atom. The summed E-state index contributed by atoms with van der Waals surface area (Å²) in [6, 6.07) is 7.32. The maximum absolute atomic E-state index is 12.2. The maximum Gasteiger partial charge on any atom is 0.201 e. The highest BCUT2D eigenvalue weighted by molar-refractivity contribution is 6.34. The molecule has 0 radical (unpaired) electrons. The first-order valence-corrected chi connectivity index (χ1v) is 6.09. The Morgan fingerprint density at radius 1 is 1.47 bits per heavy atom. The third-order valence-electron chi connectivity index (χ3n) is 3.57. The number of hydrogen-bond acceptors (Lipinski definition) is 2. The lowest BCUT2D eigenvalue weighted by molar-refractivity contribution is 0.0928. The van der Waals surface area contributed by atoms with Gasteiger partial charge in [-0.3, -0.25) is 4.79 Å². The molecule has 2 nitrogen and oxygen atoms in total. The molecule has 0 amide bonds. The molecule has 0 spiro atoms. The van der Waals surface area contributed by atoms with Gasteiger partial charge in [0.05, 0.1) is 5.02 Å².